The molecule has 0 radical (unpaired) electrons. The Labute approximate surface area is 181 Å². The molecule has 2 aromatic rings. The number of rotatable bonds is 8. The summed E-state index contributed by atoms with van der Waals surface area (Å²) in [5.41, 5.74) is 0.956. The number of nitrogens with zero attached hydrogens (tertiary/aromatic N) is 3. The number of aliphatic imine (C=N–C) groups is 1. The van der Waals surface area contributed by atoms with Crippen molar-refractivity contribution in [2.75, 3.05) is 34.7 Å². The number of furan rings is 1. The van der Waals surface area contributed by atoms with Gasteiger partial charge in [-0.25, -0.2) is 0 Å². The SMILES string of the molecule is CN=C(NCC(c1ccco1)N(C)C)N(C)Cc1ccc(OC(F)F)cc1.I. The Bertz CT molecular complexity index is 709. The Morgan fingerprint density at radius 1 is 1.18 bits per heavy atom. The van der Waals surface area contributed by atoms with Crippen LogP contribution in [0.25, 0.3) is 0 Å². The number of hydrogen-bond donors (Lipinski definition) is 1. The summed E-state index contributed by atoms with van der Waals surface area (Å²) in [5, 5.41) is 3.35. The summed E-state index contributed by atoms with van der Waals surface area (Å²) in [4.78, 5) is 8.34. The van der Waals surface area contributed by atoms with Gasteiger partial charge in [0.2, 0.25) is 0 Å². The minimum Gasteiger partial charge on any atom is -0.468 e. The first kappa shape index (κ1) is 24.2. The molecular formula is C19H27F2IN4O2. The maximum absolute atomic E-state index is 12.2. The van der Waals surface area contributed by atoms with E-state index in [-0.39, 0.29) is 35.8 Å². The molecule has 0 fully saturated rings. The normalized spacial score (nSPS) is 12.6. The molecule has 1 unspecified atom stereocenters. The molecule has 156 valence electrons. The molecule has 28 heavy (non-hydrogen) atoms. The van der Waals surface area contributed by atoms with Gasteiger partial charge >= 0.3 is 6.61 Å². The molecule has 1 atom stereocenters. The van der Waals surface area contributed by atoms with Gasteiger partial charge in [-0.15, -0.1) is 24.0 Å². The Morgan fingerprint density at radius 2 is 1.86 bits per heavy atom. The first-order chi connectivity index (χ1) is 12.9. The summed E-state index contributed by atoms with van der Waals surface area (Å²) in [6, 6.07) is 10.5. The third-order valence-corrected chi connectivity index (χ3v) is 4.09. The standard InChI is InChI=1S/C19H26F2N4O2.HI/c1-22-19(23-12-16(24(2)3)17-6-5-11-26-17)25(4)13-14-7-9-15(10-8-14)27-18(20)21;/h5-11,16,18H,12-13H2,1-4H3,(H,22,23);1H. The van der Waals surface area contributed by atoms with E-state index in [1.165, 1.54) is 12.1 Å². The molecule has 0 aliphatic heterocycles. The first-order valence-corrected chi connectivity index (χ1v) is 8.56. The maximum Gasteiger partial charge on any atom is 0.387 e. The highest BCUT2D eigenvalue weighted by Crippen LogP contribution is 2.18. The second-order valence-electron chi connectivity index (χ2n) is 6.30. The van der Waals surface area contributed by atoms with Gasteiger partial charge < -0.3 is 19.4 Å². The van der Waals surface area contributed by atoms with Gasteiger partial charge in [-0.2, -0.15) is 8.78 Å². The van der Waals surface area contributed by atoms with Crippen LogP contribution in [0.15, 0.2) is 52.1 Å². The van der Waals surface area contributed by atoms with E-state index in [1.807, 2.05) is 38.2 Å². The molecular weight excluding hydrogens is 481 g/mol. The van der Waals surface area contributed by atoms with Gasteiger partial charge in [0, 0.05) is 27.2 Å². The van der Waals surface area contributed by atoms with Gasteiger partial charge in [0.05, 0.1) is 12.3 Å². The highest BCUT2D eigenvalue weighted by Gasteiger charge is 2.18. The average Bonchev–Trinajstić information content (AvgIpc) is 3.13. The van der Waals surface area contributed by atoms with Crippen molar-refractivity contribution in [3.63, 3.8) is 0 Å². The zero-order valence-electron chi connectivity index (χ0n) is 16.4. The molecule has 0 bridgehead atoms. The van der Waals surface area contributed by atoms with Crippen LogP contribution in [0, 0.1) is 0 Å². The molecule has 0 amide bonds. The van der Waals surface area contributed by atoms with E-state index >= 15 is 0 Å². The number of guanidine groups is 1. The quantitative estimate of drug-likeness (QED) is 0.334. The van der Waals surface area contributed by atoms with Crippen LogP contribution in [0.5, 0.6) is 5.75 Å². The van der Waals surface area contributed by atoms with Gasteiger partial charge in [-0.3, -0.25) is 9.89 Å². The van der Waals surface area contributed by atoms with Gasteiger partial charge in [0.15, 0.2) is 5.96 Å². The minimum absolute atomic E-state index is 0. The third kappa shape index (κ3) is 7.27. The van der Waals surface area contributed by atoms with Crippen molar-refractivity contribution < 1.29 is 17.9 Å². The molecule has 1 aromatic carbocycles. The van der Waals surface area contributed by atoms with Crippen molar-refractivity contribution >= 4 is 29.9 Å². The summed E-state index contributed by atoms with van der Waals surface area (Å²) in [6.07, 6.45) is 1.66. The number of alkyl halides is 2. The molecule has 0 saturated heterocycles. The fourth-order valence-electron chi connectivity index (χ4n) is 2.72. The van der Waals surface area contributed by atoms with Crippen molar-refractivity contribution in [1.29, 1.82) is 0 Å². The third-order valence-electron chi connectivity index (χ3n) is 4.09. The Balaban J connectivity index is 0.00000392. The molecule has 1 N–H and O–H groups in total. The lowest BCUT2D eigenvalue weighted by Crippen LogP contribution is -2.42. The van der Waals surface area contributed by atoms with Gasteiger partial charge in [-0.1, -0.05) is 12.1 Å². The van der Waals surface area contributed by atoms with Gasteiger partial charge in [-0.05, 0) is 43.9 Å². The highest BCUT2D eigenvalue weighted by molar-refractivity contribution is 14.0. The van der Waals surface area contributed by atoms with Crippen molar-refractivity contribution in [2.45, 2.75) is 19.2 Å². The van der Waals surface area contributed by atoms with E-state index in [1.54, 1.807) is 25.4 Å². The molecule has 0 aliphatic rings. The van der Waals surface area contributed by atoms with E-state index in [9.17, 15) is 8.78 Å². The predicted octanol–water partition coefficient (Wildman–Crippen LogP) is 3.81. The topological polar surface area (TPSA) is 53.2 Å². The van der Waals surface area contributed by atoms with Crippen LogP contribution in [-0.4, -0.2) is 57.1 Å². The maximum atomic E-state index is 12.2. The zero-order chi connectivity index (χ0) is 19.8. The second-order valence-corrected chi connectivity index (χ2v) is 6.30. The van der Waals surface area contributed by atoms with Crippen LogP contribution in [-0.2, 0) is 6.54 Å². The van der Waals surface area contributed by atoms with E-state index in [4.69, 9.17) is 4.42 Å². The summed E-state index contributed by atoms with van der Waals surface area (Å²) in [6.45, 7) is -1.62. The van der Waals surface area contributed by atoms with E-state index in [0.29, 0.717) is 13.1 Å². The minimum atomic E-state index is -2.82. The Hall–Kier alpha value is -1.88. The number of ether oxygens (including phenoxy) is 1. The van der Waals surface area contributed by atoms with Crippen LogP contribution in [0.2, 0.25) is 0 Å². The monoisotopic (exact) mass is 508 g/mol. The number of hydrogen-bond acceptors (Lipinski definition) is 4. The molecule has 1 aromatic heterocycles. The predicted molar refractivity (Wildman–Crippen MR) is 116 cm³/mol. The first-order valence-electron chi connectivity index (χ1n) is 8.56. The van der Waals surface area contributed by atoms with E-state index in [2.05, 4.69) is 19.9 Å². The van der Waals surface area contributed by atoms with Crippen LogP contribution < -0.4 is 10.1 Å². The van der Waals surface area contributed by atoms with Crippen molar-refractivity contribution in [3.8, 4) is 5.75 Å². The van der Waals surface area contributed by atoms with Crippen molar-refractivity contribution in [2.24, 2.45) is 4.99 Å². The van der Waals surface area contributed by atoms with Crippen LogP contribution in [0.3, 0.4) is 0 Å². The number of nitrogens with one attached hydrogen (secondary N) is 1. The largest absolute Gasteiger partial charge is 0.468 e. The Morgan fingerprint density at radius 3 is 2.36 bits per heavy atom. The highest BCUT2D eigenvalue weighted by atomic mass is 127. The average molecular weight is 508 g/mol. The smallest absolute Gasteiger partial charge is 0.387 e. The number of benzene rings is 1. The number of likely N-dealkylation sites (N-methyl/N-ethyl adjacent to an activating group) is 1. The fourth-order valence-corrected chi connectivity index (χ4v) is 2.72. The summed E-state index contributed by atoms with van der Waals surface area (Å²) < 4.78 is 34.3. The fraction of sp³-hybridized carbons (Fsp3) is 0.421. The molecule has 0 spiro atoms. The lowest BCUT2D eigenvalue weighted by atomic mass is 10.2. The van der Waals surface area contributed by atoms with Crippen molar-refractivity contribution in [3.05, 3.63) is 54.0 Å². The van der Waals surface area contributed by atoms with Crippen LogP contribution in [0.1, 0.15) is 17.4 Å². The van der Waals surface area contributed by atoms with Crippen LogP contribution >= 0.6 is 24.0 Å². The summed E-state index contributed by atoms with van der Waals surface area (Å²) >= 11 is 0. The molecule has 0 saturated carbocycles. The Kier molecular flexibility index (Phi) is 10.2. The summed E-state index contributed by atoms with van der Waals surface area (Å²) in [7, 11) is 7.61. The molecule has 2 rings (SSSR count). The molecule has 1 heterocycles. The van der Waals surface area contributed by atoms with Crippen molar-refractivity contribution in [1.82, 2.24) is 15.1 Å². The van der Waals surface area contributed by atoms with E-state index < -0.39 is 6.61 Å². The van der Waals surface area contributed by atoms with E-state index in [0.717, 1.165) is 17.3 Å². The zero-order valence-corrected chi connectivity index (χ0v) is 18.8. The lowest BCUT2D eigenvalue weighted by Gasteiger charge is -2.27. The molecule has 9 heteroatoms. The lowest BCUT2D eigenvalue weighted by molar-refractivity contribution is -0.0498. The second kappa shape index (κ2) is 11.8. The number of halogens is 3. The van der Waals surface area contributed by atoms with Gasteiger partial charge in [0.25, 0.3) is 0 Å². The molecule has 0 aliphatic carbocycles. The summed E-state index contributed by atoms with van der Waals surface area (Å²) in [5.74, 6) is 1.74. The van der Waals surface area contributed by atoms with Gasteiger partial charge in [0.1, 0.15) is 11.5 Å². The van der Waals surface area contributed by atoms with Crippen LogP contribution in [0.4, 0.5) is 8.78 Å². The molecule has 6 nitrogen and oxygen atoms in total.